The van der Waals surface area contributed by atoms with Gasteiger partial charge in [-0.15, -0.1) is 0 Å². The maximum Gasteiger partial charge on any atom is 0.500 e. The first kappa shape index (κ1) is 24.2. The van der Waals surface area contributed by atoms with E-state index >= 15 is 0 Å². The second-order valence-electron chi connectivity index (χ2n) is 8.14. The summed E-state index contributed by atoms with van der Waals surface area (Å²) < 4.78 is 17.9. The summed E-state index contributed by atoms with van der Waals surface area (Å²) in [6.07, 6.45) is 1.04. The molecule has 0 unspecified atom stereocenters. The molecule has 4 aromatic carbocycles. The number of hydrogen-bond acceptors (Lipinski definition) is 4. The van der Waals surface area contributed by atoms with Crippen LogP contribution >= 0.6 is 11.8 Å². The van der Waals surface area contributed by atoms with Gasteiger partial charge >= 0.3 is 8.80 Å². The topological polar surface area (TPSA) is 27.7 Å². The van der Waals surface area contributed by atoms with Gasteiger partial charge in [-0.3, -0.25) is 0 Å². The van der Waals surface area contributed by atoms with Crippen LogP contribution in [-0.2, 0) is 19.0 Å². The Morgan fingerprint density at radius 2 is 1.27 bits per heavy atom. The van der Waals surface area contributed by atoms with Crippen LogP contribution in [0.3, 0.4) is 0 Å². The molecule has 0 amide bonds. The Balaban J connectivity index is 1.41. The highest BCUT2D eigenvalue weighted by atomic mass is 32.2. The van der Waals surface area contributed by atoms with Crippen LogP contribution in [0.2, 0.25) is 6.04 Å². The summed E-state index contributed by atoms with van der Waals surface area (Å²) in [6, 6.07) is 25.5. The molecular weight excluding hydrogens is 444 g/mol. The van der Waals surface area contributed by atoms with Crippen LogP contribution in [0.15, 0.2) is 66.7 Å². The molecule has 4 rings (SSSR count). The van der Waals surface area contributed by atoms with Crippen LogP contribution in [0.1, 0.15) is 32.8 Å². The van der Waals surface area contributed by atoms with Crippen LogP contribution in [0.25, 0.3) is 32.3 Å². The van der Waals surface area contributed by atoms with Crippen LogP contribution in [-0.4, -0.2) is 34.4 Å². The molecule has 0 heterocycles. The van der Waals surface area contributed by atoms with E-state index < -0.39 is 8.80 Å². The lowest BCUT2D eigenvalue weighted by Crippen LogP contribution is -2.46. The Morgan fingerprint density at radius 1 is 0.667 bits per heavy atom. The van der Waals surface area contributed by atoms with E-state index in [1.54, 1.807) is 0 Å². The minimum atomic E-state index is -2.52. The Labute approximate surface area is 202 Å². The first-order chi connectivity index (χ1) is 16.2. The van der Waals surface area contributed by atoms with Gasteiger partial charge in [-0.05, 0) is 70.8 Å². The molecule has 5 heteroatoms. The normalized spacial score (nSPS) is 12.2. The van der Waals surface area contributed by atoms with E-state index in [-0.39, 0.29) is 0 Å². The molecule has 0 aromatic heterocycles. The van der Waals surface area contributed by atoms with Crippen LogP contribution < -0.4 is 0 Å². The van der Waals surface area contributed by atoms with Crippen molar-refractivity contribution in [3.05, 3.63) is 72.3 Å². The molecule has 3 nitrogen and oxygen atoms in total. The van der Waals surface area contributed by atoms with Gasteiger partial charge in [0, 0.05) is 31.6 Å². The summed E-state index contributed by atoms with van der Waals surface area (Å²) in [5.41, 5.74) is 1.37. The fourth-order valence-corrected chi connectivity index (χ4v) is 8.33. The summed E-state index contributed by atoms with van der Waals surface area (Å²) in [6.45, 7) is 7.96. The van der Waals surface area contributed by atoms with Crippen molar-refractivity contribution in [2.45, 2.75) is 39.0 Å². The minimum absolute atomic E-state index is 0.640. The molecule has 0 saturated heterocycles. The standard InChI is InChI=1S/C28H34O3SSi/c1-4-29-33(30-5-2,31-6-3)19-9-18-32-21-22-12-15-26-24(20-22)14-17-27-25-11-8-7-10-23(25)13-16-28(26)27/h7-8,10-17,20H,4-6,9,18-19,21H2,1-3H3. The highest BCUT2D eigenvalue weighted by Crippen LogP contribution is 2.32. The number of rotatable bonds is 12. The zero-order valence-corrected chi connectivity index (χ0v) is 21.8. The fraction of sp³-hybridized carbons (Fsp3) is 0.357. The third-order valence-electron chi connectivity index (χ3n) is 5.94. The van der Waals surface area contributed by atoms with E-state index in [0.29, 0.717) is 19.8 Å². The van der Waals surface area contributed by atoms with Crippen LogP contribution in [0.4, 0.5) is 0 Å². The average molecular weight is 479 g/mol. The number of thioether (sulfide) groups is 1. The zero-order valence-electron chi connectivity index (χ0n) is 19.9. The first-order valence-electron chi connectivity index (χ1n) is 12.0. The lowest BCUT2D eigenvalue weighted by atomic mass is 9.96. The van der Waals surface area contributed by atoms with Crippen molar-refractivity contribution in [3.8, 4) is 0 Å². The molecule has 33 heavy (non-hydrogen) atoms. The second kappa shape index (κ2) is 11.5. The SMILES string of the molecule is CCO[Si](CCCSCc1ccc2c(ccc3c4ccccc4ccc23)c1)(OCC)OCC. The highest BCUT2D eigenvalue weighted by Gasteiger charge is 2.39. The van der Waals surface area contributed by atoms with Crippen molar-refractivity contribution in [1.29, 1.82) is 0 Å². The summed E-state index contributed by atoms with van der Waals surface area (Å²) in [7, 11) is -2.52. The zero-order chi connectivity index (χ0) is 23.1. The number of benzene rings is 4. The van der Waals surface area contributed by atoms with Gasteiger partial charge in [-0.2, -0.15) is 11.8 Å². The minimum Gasteiger partial charge on any atom is -0.374 e. The van der Waals surface area contributed by atoms with E-state index in [1.807, 2.05) is 32.5 Å². The molecule has 0 aliphatic rings. The van der Waals surface area contributed by atoms with Gasteiger partial charge in [0.1, 0.15) is 0 Å². The average Bonchev–Trinajstić information content (AvgIpc) is 2.84. The van der Waals surface area contributed by atoms with Crippen molar-refractivity contribution in [1.82, 2.24) is 0 Å². The van der Waals surface area contributed by atoms with Gasteiger partial charge in [0.05, 0.1) is 0 Å². The van der Waals surface area contributed by atoms with Crippen molar-refractivity contribution in [3.63, 3.8) is 0 Å². The first-order valence-corrected chi connectivity index (χ1v) is 15.1. The van der Waals surface area contributed by atoms with Crippen molar-refractivity contribution < 1.29 is 13.3 Å². The van der Waals surface area contributed by atoms with Crippen molar-refractivity contribution in [2.75, 3.05) is 25.6 Å². The van der Waals surface area contributed by atoms with Crippen molar-refractivity contribution >= 4 is 52.9 Å². The third-order valence-corrected chi connectivity index (χ3v) is 10.2. The van der Waals surface area contributed by atoms with Gasteiger partial charge in [0.15, 0.2) is 0 Å². The van der Waals surface area contributed by atoms with Crippen molar-refractivity contribution in [2.24, 2.45) is 0 Å². The molecule has 0 N–H and O–H groups in total. The van der Waals surface area contributed by atoms with Crippen LogP contribution in [0, 0.1) is 0 Å². The Kier molecular flexibility index (Phi) is 8.44. The number of fused-ring (bicyclic) bond motifs is 5. The van der Waals surface area contributed by atoms with Gasteiger partial charge < -0.3 is 13.3 Å². The summed E-state index contributed by atoms with van der Waals surface area (Å²) >= 11 is 1.97. The van der Waals surface area contributed by atoms with E-state index in [4.69, 9.17) is 13.3 Å². The predicted octanol–water partition coefficient (Wildman–Crippen LogP) is 7.82. The van der Waals surface area contributed by atoms with E-state index in [1.165, 1.54) is 37.9 Å². The molecule has 174 valence electrons. The van der Waals surface area contributed by atoms with E-state index in [2.05, 4.69) is 66.7 Å². The highest BCUT2D eigenvalue weighted by molar-refractivity contribution is 7.98. The van der Waals surface area contributed by atoms with Gasteiger partial charge in [-0.1, -0.05) is 66.7 Å². The summed E-state index contributed by atoms with van der Waals surface area (Å²) in [5, 5.41) is 7.91. The Hall–Kier alpha value is -1.89. The third kappa shape index (κ3) is 5.61. The van der Waals surface area contributed by atoms with E-state index in [9.17, 15) is 0 Å². The number of hydrogen-bond donors (Lipinski definition) is 0. The molecule has 0 saturated carbocycles. The van der Waals surface area contributed by atoms with Gasteiger partial charge in [0.2, 0.25) is 0 Å². The molecule has 0 aliphatic carbocycles. The Morgan fingerprint density at radius 3 is 1.97 bits per heavy atom. The molecule has 0 aliphatic heterocycles. The molecular formula is C28H34O3SSi. The Bertz CT molecular complexity index is 1190. The predicted molar refractivity (Wildman–Crippen MR) is 145 cm³/mol. The summed E-state index contributed by atoms with van der Waals surface area (Å²) in [4.78, 5) is 0. The largest absolute Gasteiger partial charge is 0.500 e. The van der Waals surface area contributed by atoms with E-state index in [0.717, 1.165) is 24.0 Å². The quantitative estimate of drug-likeness (QED) is 0.118. The molecule has 0 fully saturated rings. The monoisotopic (exact) mass is 478 g/mol. The smallest absolute Gasteiger partial charge is 0.374 e. The maximum absolute atomic E-state index is 5.97. The molecule has 4 aromatic rings. The molecule has 0 bridgehead atoms. The van der Waals surface area contributed by atoms with Gasteiger partial charge in [-0.25, -0.2) is 0 Å². The lowest BCUT2D eigenvalue weighted by molar-refractivity contribution is 0.0712. The van der Waals surface area contributed by atoms with Crippen LogP contribution in [0.5, 0.6) is 0 Å². The fourth-order valence-electron chi connectivity index (χ4n) is 4.55. The lowest BCUT2D eigenvalue weighted by Gasteiger charge is -2.28. The summed E-state index contributed by atoms with van der Waals surface area (Å²) in [5.74, 6) is 2.09. The maximum atomic E-state index is 5.97. The molecule has 0 spiro atoms. The second-order valence-corrected chi connectivity index (χ2v) is 12.0. The molecule has 0 radical (unpaired) electrons. The van der Waals surface area contributed by atoms with Gasteiger partial charge in [0.25, 0.3) is 0 Å². The molecule has 0 atom stereocenters.